The van der Waals surface area contributed by atoms with Crippen LogP contribution in [0.3, 0.4) is 0 Å². The number of halogens is 2. The summed E-state index contributed by atoms with van der Waals surface area (Å²) in [7, 11) is 0. The second-order valence-corrected chi connectivity index (χ2v) is 7.16. The SMILES string of the molecule is CC1(C2CC2)NC(=O)CN(c2ccc(I)cc2Cl)C1=O. The Balaban J connectivity index is 1.99. The normalized spacial score (nSPS) is 26.6. The average Bonchev–Trinajstić information content (AvgIpc) is 3.18. The number of hydrogen-bond acceptors (Lipinski definition) is 2. The number of carbonyl (C=O) groups is 2. The summed E-state index contributed by atoms with van der Waals surface area (Å²) in [6.07, 6.45) is 1.97. The third kappa shape index (κ3) is 2.30. The highest BCUT2D eigenvalue weighted by atomic mass is 127. The van der Waals surface area contributed by atoms with Gasteiger partial charge in [-0.3, -0.25) is 14.5 Å². The molecule has 106 valence electrons. The topological polar surface area (TPSA) is 49.4 Å². The van der Waals surface area contributed by atoms with Gasteiger partial charge in [-0.05, 0) is 66.5 Å². The quantitative estimate of drug-likeness (QED) is 0.770. The maximum atomic E-state index is 12.8. The van der Waals surface area contributed by atoms with Gasteiger partial charge in [-0.25, -0.2) is 0 Å². The van der Waals surface area contributed by atoms with Crippen molar-refractivity contribution in [2.75, 3.05) is 11.4 Å². The maximum absolute atomic E-state index is 12.8. The Bertz CT molecular complexity index is 603. The van der Waals surface area contributed by atoms with Gasteiger partial charge in [-0.2, -0.15) is 0 Å². The molecule has 4 nitrogen and oxygen atoms in total. The van der Waals surface area contributed by atoms with Crippen LogP contribution < -0.4 is 10.2 Å². The Kier molecular flexibility index (Phi) is 3.44. The monoisotopic (exact) mass is 404 g/mol. The van der Waals surface area contributed by atoms with E-state index in [4.69, 9.17) is 11.6 Å². The summed E-state index contributed by atoms with van der Waals surface area (Å²) in [4.78, 5) is 26.2. The minimum Gasteiger partial charge on any atom is -0.340 e. The molecule has 2 aliphatic rings. The molecule has 1 heterocycles. The van der Waals surface area contributed by atoms with Gasteiger partial charge in [0.05, 0.1) is 10.7 Å². The van der Waals surface area contributed by atoms with Crippen LogP contribution in [-0.2, 0) is 9.59 Å². The van der Waals surface area contributed by atoms with E-state index in [1.54, 1.807) is 12.1 Å². The average molecular weight is 405 g/mol. The molecule has 0 bridgehead atoms. The maximum Gasteiger partial charge on any atom is 0.253 e. The molecule has 1 saturated carbocycles. The summed E-state index contributed by atoms with van der Waals surface area (Å²) in [5.41, 5.74) is -0.180. The molecule has 1 aliphatic heterocycles. The number of rotatable bonds is 2. The zero-order valence-corrected chi connectivity index (χ0v) is 13.9. The number of benzene rings is 1. The van der Waals surface area contributed by atoms with Crippen LogP contribution in [0.5, 0.6) is 0 Å². The molecular formula is C14H14ClIN2O2. The number of anilines is 1. The number of hydrogen-bond donors (Lipinski definition) is 1. The van der Waals surface area contributed by atoms with Crippen LogP contribution in [0.25, 0.3) is 0 Å². The molecule has 1 aliphatic carbocycles. The van der Waals surface area contributed by atoms with Crippen molar-refractivity contribution in [2.24, 2.45) is 5.92 Å². The Morgan fingerprint density at radius 1 is 1.40 bits per heavy atom. The lowest BCUT2D eigenvalue weighted by atomic mass is 9.91. The number of carbonyl (C=O) groups excluding carboxylic acids is 2. The molecule has 20 heavy (non-hydrogen) atoms. The molecule has 0 aromatic heterocycles. The van der Waals surface area contributed by atoms with Crippen LogP contribution in [-0.4, -0.2) is 23.9 Å². The minimum absolute atomic E-state index is 0.0292. The molecule has 1 aromatic rings. The molecule has 2 fully saturated rings. The zero-order chi connectivity index (χ0) is 14.5. The standard InChI is InChI=1S/C14H14ClIN2O2/c1-14(8-2-3-8)13(20)18(7-12(19)17-14)11-5-4-9(16)6-10(11)15/h4-6,8H,2-3,7H2,1H3,(H,17,19). The van der Waals surface area contributed by atoms with Crippen LogP contribution in [0.2, 0.25) is 5.02 Å². The summed E-state index contributed by atoms with van der Waals surface area (Å²) >= 11 is 8.40. The molecule has 1 atom stereocenters. The molecule has 3 rings (SSSR count). The first-order valence-electron chi connectivity index (χ1n) is 6.50. The first-order chi connectivity index (χ1) is 9.41. The summed E-state index contributed by atoms with van der Waals surface area (Å²) in [6.45, 7) is 1.85. The molecule has 2 amide bonds. The van der Waals surface area contributed by atoms with E-state index in [2.05, 4.69) is 27.9 Å². The van der Waals surface area contributed by atoms with Crippen molar-refractivity contribution in [3.05, 3.63) is 26.8 Å². The van der Waals surface area contributed by atoms with Crippen LogP contribution in [0, 0.1) is 9.49 Å². The van der Waals surface area contributed by atoms with E-state index >= 15 is 0 Å². The van der Waals surface area contributed by atoms with Gasteiger partial charge in [0.1, 0.15) is 12.1 Å². The van der Waals surface area contributed by atoms with Crippen molar-refractivity contribution in [3.8, 4) is 0 Å². The first-order valence-corrected chi connectivity index (χ1v) is 7.95. The molecule has 6 heteroatoms. The molecule has 1 N–H and O–H groups in total. The number of amides is 2. The van der Waals surface area contributed by atoms with Crippen molar-refractivity contribution in [3.63, 3.8) is 0 Å². The molecule has 0 radical (unpaired) electrons. The number of nitrogens with one attached hydrogen (secondary N) is 1. The predicted octanol–water partition coefficient (Wildman–Crippen LogP) is 2.58. The van der Waals surface area contributed by atoms with E-state index in [-0.39, 0.29) is 24.3 Å². The van der Waals surface area contributed by atoms with Gasteiger partial charge in [0.15, 0.2) is 0 Å². The lowest BCUT2D eigenvalue weighted by Gasteiger charge is -2.40. The predicted molar refractivity (Wildman–Crippen MR) is 85.8 cm³/mol. The largest absolute Gasteiger partial charge is 0.340 e. The summed E-state index contributed by atoms with van der Waals surface area (Å²) in [6, 6.07) is 5.48. The van der Waals surface area contributed by atoms with Crippen molar-refractivity contribution < 1.29 is 9.59 Å². The molecular weight excluding hydrogens is 391 g/mol. The van der Waals surface area contributed by atoms with Crippen LogP contribution >= 0.6 is 34.2 Å². The highest BCUT2D eigenvalue weighted by Gasteiger charge is 2.53. The van der Waals surface area contributed by atoms with Crippen molar-refractivity contribution in [2.45, 2.75) is 25.3 Å². The lowest BCUT2D eigenvalue weighted by Crippen LogP contribution is -2.66. The first kappa shape index (κ1) is 14.1. The van der Waals surface area contributed by atoms with Gasteiger partial charge in [0.2, 0.25) is 5.91 Å². The number of nitrogens with zero attached hydrogens (tertiary/aromatic N) is 1. The second-order valence-electron chi connectivity index (χ2n) is 5.51. The van der Waals surface area contributed by atoms with Gasteiger partial charge in [-0.1, -0.05) is 11.6 Å². The molecule has 1 unspecified atom stereocenters. The van der Waals surface area contributed by atoms with Gasteiger partial charge in [0.25, 0.3) is 5.91 Å². The van der Waals surface area contributed by atoms with Crippen LogP contribution in [0.15, 0.2) is 18.2 Å². The fourth-order valence-electron chi connectivity index (χ4n) is 2.71. The van der Waals surface area contributed by atoms with Gasteiger partial charge in [0, 0.05) is 3.57 Å². The third-order valence-corrected chi connectivity index (χ3v) is 4.96. The van der Waals surface area contributed by atoms with E-state index in [0.717, 1.165) is 16.4 Å². The fourth-order valence-corrected chi connectivity index (χ4v) is 3.67. The molecule has 1 saturated heterocycles. The smallest absolute Gasteiger partial charge is 0.253 e. The van der Waals surface area contributed by atoms with E-state index in [1.165, 1.54) is 4.90 Å². The summed E-state index contributed by atoms with van der Waals surface area (Å²) in [5.74, 6) is 0.0423. The van der Waals surface area contributed by atoms with Crippen molar-refractivity contribution in [1.82, 2.24) is 5.32 Å². The summed E-state index contributed by atoms with van der Waals surface area (Å²) in [5, 5.41) is 3.36. The van der Waals surface area contributed by atoms with Crippen molar-refractivity contribution in [1.29, 1.82) is 0 Å². The van der Waals surface area contributed by atoms with E-state index in [0.29, 0.717) is 10.7 Å². The number of piperazine rings is 1. The second kappa shape index (κ2) is 4.87. The highest BCUT2D eigenvalue weighted by Crippen LogP contribution is 2.43. The van der Waals surface area contributed by atoms with Crippen LogP contribution in [0.4, 0.5) is 5.69 Å². The lowest BCUT2D eigenvalue weighted by molar-refractivity contribution is -0.136. The zero-order valence-electron chi connectivity index (χ0n) is 11.0. The van der Waals surface area contributed by atoms with E-state index in [9.17, 15) is 9.59 Å². The highest BCUT2D eigenvalue weighted by molar-refractivity contribution is 14.1. The van der Waals surface area contributed by atoms with E-state index < -0.39 is 5.54 Å². The van der Waals surface area contributed by atoms with Gasteiger partial charge >= 0.3 is 0 Å². The molecule has 0 spiro atoms. The summed E-state index contributed by atoms with van der Waals surface area (Å²) < 4.78 is 0.996. The van der Waals surface area contributed by atoms with Gasteiger partial charge < -0.3 is 5.32 Å². The minimum atomic E-state index is -0.790. The Hall–Kier alpha value is -0.820. The fraction of sp³-hybridized carbons (Fsp3) is 0.429. The Morgan fingerprint density at radius 2 is 2.10 bits per heavy atom. The third-order valence-electron chi connectivity index (χ3n) is 3.98. The molecule has 1 aromatic carbocycles. The Labute approximate surface area is 136 Å². The van der Waals surface area contributed by atoms with Crippen molar-refractivity contribution >= 4 is 51.7 Å². The van der Waals surface area contributed by atoms with Gasteiger partial charge in [-0.15, -0.1) is 0 Å². The van der Waals surface area contributed by atoms with E-state index in [1.807, 2.05) is 13.0 Å². The van der Waals surface area contributed by atoms with Crippen LogP contribution in [0.1, 0.15) is 19.8 Å². The Morgan fingerprint density at radius 3 is 2.70 bits per heavy atom.